The topological polar surface area (TPSA) is 109 Å². The third-order valence-electron chi connectivity index (χ3n) is 4.10. The minimum atomic E-state index is -0.232. The maximum absolute atomic E-state index is 12.3. The average Bonchev–Trinajstić information content (AvgIpc) is 3.47. The molecule has 136 valence electrons. The van der Waals surface area contributed by atoms with E-state index in [0.29, 0.717) is 29.4 Å². The first-order chi connectivity index (χ1) is 13.2. The molecule has 1 amide bonds. The van der Waals surface area contributed by atoms with Gasteiger partial charge in [0, 0.05) is 17.3 Å². The van der Waals surface area contributed by atoms with E-state index in [0.717, 1.165) is 16.9 Å². The summed E-state index contributed by atoms with van der Waals surface area (Å²) < 4.78 is 10.5. The number of carbonyl (C=O) groups is 1. The van der Waals surface area contributed by atoms with E-state index in [2.05, 4.69) is 25.7 Å². The third kappa shape index (κ3) is 3.45. The van der Waals surface area contributed by atoms with Crippen LogP contribution in [0.25, 0.3) is 22.5 Å². The van der Waals surface area contributed by atoms with Crippen molar-refractivity contribution < 1.29 is 13.9 Å². The summed E-state index contributed by atoms with van der Waals surface area (Å²) in [6, 6.07) is 12.9. The molecular weight excluding hydrogens is 346 g/mol. The molecule has 0 spiro atoms. The molecule has 0 aliphatic carbocycles. The number of hydrogen-bond donors (Lipinski definition) is 3. The molecule has 3 heterocycles. The van der Waals surface area contributed by atoms with Crippen LogP contribution in [0, 0.1) is 0 Å². The van der Waals surface area contributed by atoms with Crippen LogP contribution in [0.4, 0.5) is 0 Å². The summed E-state index contributed by atoms with van der Waals surface area (Å²) in [6.45, 7) is 0.319. The van der Waals surface area contributed by atoms with E-state index >= 15 is 0 Å². The number of methoxy groups -OCH3 is 1. The van der Waals surface area contributed by atoms with Crippen LogP contribution in [0.15, 0.2) is 59.3 Å². The largest absolute Gasteiger partial charge is 0.497 e. The van der Waals surface area contributed by atoms with Gasteiger partial charge in [-0.15, -0.1) is 0 Å². The van der Waals surface area contributed by atoms with Crippen LogP contribution in [-0.2, 0) is 6.54 Å². The quantitative estimate of drug-likeness (QED) is 0.488. The monoisotopic (exact) mass is 363 g/mol. The fraction of sp³-hybridized carbons (Fsp3) is 0.105. The molecule has 1 aromatic carbocycles. The minimum Gasteiger partial charge on any atom is -0.497 e. The lowest BCUT2D eigenvalue weighted by Crippen LogP contribution is -2.22. The Morgan fingerprint density at radius 2 is 2.00 bits per heavy atom. The van der Waals surface area contributed by atoms with E-state index in [-0.39, 0.29) is 5.91 Å². The second-order valence-corrected chi connectivity index (χ2v) is 5.82. The summed E-state index contributed by atoms with van der Waals surface area (Å²) in [5.41, 5.74) is 3.36. The second-order valence-electron chi connectivity index (χ2n) is 5.82. The first kappa shape index (κ1) is 16.6. The average molecular weight is 363 g/mol. The fourth-order valence-corrected chi connectivity index (χ4v) is 2.74. The molecule has 0 radical (unpaired) electrons. The number of carbonyl (C=O) groups excluding carboxylic acids is 1. The first-order valence-electron chi connectivity index (χ1n) is 8.29. The highest BCUT2D eigenvalue weighted by molar-refractivity contribution is 5.94. The van der Waals surface area contributed by atoms with Gasteiger partial charge in [-0.05, 0) is 30.3 Å². The summed E-state index contributed by atoms with van der Waals surface area (Å²) in [6.07, 6.45) is 3.29. The number of rotatable bonds is 6. The van der Waals surface area contributed by atoms with Crippen molar-refractivity contribution in [2.24, 2.45) is 0 Å². The lowest BCUT2D eigenvalue weighted by Gasteiger charge is -2.03. The van der Waals surface area contributed by atoms with Gasteiger partial charge in [0.2, 0.25) is 0 Å². The summed E-state index contributed by atoms with van der Waals surface area (Å²) >= 11 is 0. The van der Waals surface area contributed by atoms with Gasteiger partial charge < -0.3 is 19.5 Å². The number of aromatic amines is 2. The van der Waals surface area contributed by atoms with Crippen molar-refractivity contribution in [3.05, 3.63) is 66.4 Å². The van der Waals surface area contributed by atoms with Crippen LogP contribution in [0.5, 0.6) is 5.75 Å². The molecule has 4 aromatic rings. The van der Waals surface area contributed by atoms with Gasteiger partial charge >= 0.3 is 0 Å². The van der Waals surface area contributed by atoms with Crippen molar-refractivity contribution >= 4 is 5.91 Å². The Hall–Kier alpha value is -3.81. The molecule has 0 atom stereocenters. The predicted octanol–water partition coefficient (Wildman–Crippen LogP) is 3.00. The summed E-state index contributed by atoms with van der Waals surface area (Å²) in [5, 5.41) is 13.9. The number of ether oxygens (including phenoxy) is 1. The van der Waals surface area contributed by atoms with E-state index in [4.69, 9.17) is 9.15 Å². The number of hydrogen-bond acceptors (Lipinski definition) is 5. The molecule has 8 heteroatoms. The third-order valence-corrected chi connectivity index (χ3v) is 4.10. The second kappa shape index (κ2) is 7.20. The van der Waals surface area contributed by atoms with Crippen LogP contribution >= 0.6 is 0 Å². The Morgan fingerprint density at radius 1 is 1.15 bits per heavy atom. The first-order valence-corrected chi connectivity index (χ1v) is 8.29. The summed E-state index contributed by atoms with van der Waals surface area (Å²) in [4.78, 5) is 15.3. The Morgan fingerprint density at radius 3 is 2.78 bits per heavy atom. The molecule has 0 saturated carbocycles. The molecule has 0 unspecified atom stereocenters. The Balaban J connectivity index is 1.55. The predicted molar refractivity (Wildman–Crippen MR) is 98.0 cm³/mol. The number of nitrogens with one attached hydrogen (secondary N) is 3. The molecular formula is C19H17N5O3. The lowest BCUT2D eigenvalue weighted by molar-refractivity contribution is 0.0943. The Kier molecular flexibility index (Phi) is 4.44. The van der Waals surface area contributed by atoms with Crippen molar-refractivity contribution in [3.8, 4) is 28.3 Å². The van der Waals surface area contributed by atoms with Crippen molar-refractivity contribution in [3.63, 3.8) is 0 Å². The molecule has 3 N–H and O–H groups in total. The molecule has 4 rings (SSSR count). The van der Waals surface area contributed by atoms with Gasteiger partial charge in [0.15, 0.2) is 0 Å². The number of furan rings is 1. The maximum Gasteiger partial charge on any atom is 0.268 e. The van der Waals surface area contributed by atoms with Crippen LogP contribution in [0.3, 0.4) is 0 Å². The van der Waals surface area contributed by atoms with Gasteiger partial charge in [-0.25, -0.2) is 0 Å². The van der Waals surface area contributed by atoms with Gasteiger partial charge in [0.05, 0.1) is 19.9 Å². The number of benzene rings is 1. The van der Waals surface area contributed by atoms with Crippen molar-refractivity contribution in [2.75, 3.05) is 7.11 Å². The van der Waals surface area contributed by atoms with E-state index in [1.54, 1.807) is 37.8 Å². The SMILES string of the molecule is COc1cccc(-c2n[nH]nc2-c2c[nH]c(C(=O)NCc3ccco3)c2)c1. The van der Waals surface area contributed by atoms with Crippen molar-refractivity contribution in [1.82, 2.24) is 25.7 Å². The van der Waals surface area contributed by atoms with Gasteiger partial charge in [-0.2, -0.15) is 15.4 Å². The molecule has 27 heavy (non-hydrogen) atoms. The van der Waals surface area contributed by atoms with E-state index in [1.165, 1.54) is 0 Å². The molecule has 8 nitrogen and oxygen atoms in total. The fourth-order valence-electron chi connectivity index (χ4n) is 2.74. The summed E-state index contributed by atoms with van der Waals surface area (Å²) in [7, 11) is 1.61. The van der Waals surface area contributed by atoms with Crippen LogP contribution in [0.2, 0.25) is 0 Å². The van der Waals surface area contributed by atoms with Crippen LogP contribution in [-0.4, -0.2) is 33.4 Å². The van der Waals surface area contributed by atoms with E-state index in [1.807, 2.05) is 24.3 Å². The highest BCUT2D eigenvalue weighted by atomic mass is 16.5. The number of H-pyrrole nitrogens is 2. The number of nitrogens with zero attached hydrogens (tertiary/aromatic N) is 2. The van der Waals surface area contributed by atoms with Crippen LogP contribution < -0.4 is 10.1 Å². The molecule has 0 aliphatic rings. The highest BCUT2D eigenvalue weighted by Gasteiger charge is 2.16. The van der Waals surface area contributed by atoms with E-state index in [9.17, 15) is 4.79 Å². The number of amides is 1. The zero-order valence-electron chi connectivity index (χ0n) is 14.5. The number of aromatic nitrogens is 4. The molecule has 3 aromatic heterocycles. The van der Waals surface area contributed by atoms with Gasteiger partial charge in [-0.1, -0.05) is 12.1 Å². The van der Waals surface area contributed by atoms with Gasteiger partial charge in [0.1, 0.15) is 28.6 Å². The van der Waals surface area contributed by atoms with Crippen molar-refractivity contribution in [1.29, 1.82) is 0 Å². The molecule has 0 bridgehead atoms. The smallest absolute Gasteiger partial charge is 0.268 e. The minimum absolute atomic E-state index is 0.232. The van der Waals surface area contributed by atoms with Gasteiger partial charge in [0.25, 0.3) is 5.91 Å². The normalized spacial score (nSPS) is 10.7. The zero-order chi connectivity index (χ0) is 18.6. The molecule has 0 fully saturated rings. The highest BCUT2D eigenvalue weighted by Crippen LogP contribution is 2.30. The van der Waals surface area contributed by atoms with E-state index < -0.39 is 0 Å². The Bertz CT molecular complexity index is 1050. The standard InChI is InChI=1S/C19H17N5O3/c1-26-14-5-2-4-12(8-14)17-18(23-24-22-17)13-9-16(20-10-13)19(25)21-11-15-6-3-7-27-15/h2-10,20H,11H2,1H3,(H,21,25)(H,22,23,24). The molecule has 0 saturated heterocycles. The maximum atomic E-state index is 12.3. The van der Waals surface area contributed by atoms with Crippen LogP contribution in [0.1, 0.15) is 16.2 Å². The Labute approximate surface area is 154 Å². The van der Waals surface area contributed by atoms with Gasteiger partial charge in [-0.3, -0.25) is 4.79 Å². The molecule has 0 aliphatic heterocycles. The zero-order valence-corrected chi connectivity index (χ0v) is 14.5. The lowest BCUT2D eigenvalue weighted by atomic mass is 10.1. The summed E-state index contributed by atoms with van der Waals surface area (Å²) in [5.74, 6) is 1.18. The van der Waals surface area contributed by atoms with Crippen molar-refractivity contribution in [2.45, 2.75) is 6.54 Å².